The maximum atomic E-state index is 12.5. The van der Waals surface area contributed by atoms with Crippen molar-refractivity contribution in [2.45, 2.75) is 25.9 Å². The summed E-state index contributed by atoms with van der Waals surface area (Å²) in [6.07, 6.45) is 3.52. The van der Waals surface area contributed by atoms with Crippen LogP contribution in [0.3, 0.4) is 0 Å². The van der Waals surface area contributed by atoms with Gasteiger partial charge in [-0.15, -0.1) is 0 Å². The Kier molecular flexibility index (Phi) is 3.41. The molecule has 1 aliphatic heterocycles. The minimum absolute atomic E-state index is 0.112. The number of nitrogens with zero attached hydrogens (tertiary/aromatic N) is 3. The molecule has 2 heterocycles. The summed E-state index contributed by atoms with van der Waals surface area (Å²) in [5.41, 5.74) is 0.950. The number of hydrogen-bond acceptors (Lipinski definition) is 3. The summed E-state index contributed by atoms with van der Waals surface area (Å²) in [6.45, 7) is 3.80. The first-order valence-electron chi connectivity index (χ1n) is 6.67. The summed E-state index contributed by atoms with van der Waals surface area (Å²) < 4.78 is 2.61. The van der Waals surface area contributed by atoms with E-state index in [0.29, 0.717) is 11.1 Å². The summed E-state index contributed by atoms with van der Waals surface area (Å²) in [7, 11) is 0. The molecule has 108 valence electrons. The van der Waals surface area contributed by atoms with E-state index in [0.717, 1.165) is 4.47 Å². The molecule has 0 unspecified atom stereocenters. The van der Waals surface area contributed by atoms with Crippen LogP contribution in [0.2, 0.25) is 0 Å². The third-order valence-electron chi connectivity index (χ3n) is 3.92. The van der Waals surface area contributed by atoms with Crippen LogP contribution in [-0.2, 0) is 0 Å². The highest BCUT2D eigenvalue weighted by Crippen LogP contribution is 2.28. The first-order valence-corrected chi connectivity index (χ1v) is 7.46. The number of hydrogen-bond donors (Lipinski definition) is 0. The van der Waals surface area contributed by atoms with Gasteiger partial charge in [0.25, 0.3) is 11.8 Å². The fourth-order valence-electron chi connectivity index (χ4n) is 2.55. The lowest BCUT2D eigenvalue weighted by Crippen LogP contribution is -2.42. The van der Waals surface area contributed by atoms with E-state index in [1.165, 1.54) is 4.90 Å². The van der Waals surface area contributed by atoms with Gasteiger partial charge in [0, 0.05) is 6.20 Å². The van der Waals surface area contributed by atoms with Gasteiger partial charge in [-0.2, -0.15) is 5.10 Å². The average Bonchev–Trinajstić information content (AvgIpc) is 3.02. The zero-order chi connectivity index (χ0) is 15.1. The Morgan fingerprint density at radius 1 is 1.05 bits per heavy atom. The van der Waals surface area contributed by atoms with Crippen molar-refractivity contribution >= 4 is 27.7 Å². The van der Waals surface area contributed by atoms with Crippen LogP contribution in [0.1, 0.15) is 40.6 Å². The van der Waals surface area contributed by atoms with Gasteiger partial charge in [0.2, 0.25) is 0 Å². The topological polar surface area (TPSA) is 55.2 Å². The summed E-state index contributed by atoms with van der Waals surface area (Å²) in [6, 6.07) is 6.52. The Morgan fingerprint density at radius 3 is 2.10 bits per heavy atom. The first kappa shape index (κ1) is 14.0. The van der Waals surface area contributed by atoms with Crippen molar-refractivity contribution in [2.24, 2.45) is 0 Å². The molecule has 0 saturated heterocycles. The van der Waals surface area contributed by atoms with Crippen LogP contribution in [0.4, 0.5) is 0 Å². The highest BCUT2D eigenvalue weighted by molar-refractivity contribution is 9.10. The van der Waals surface area contributed by atoms with Crippen molar-refractivity contribution in [1.82, 2.24) is 14.7 Å². The Hall–Kier alpha value is -1.95. The average molecular weight is 348 g/mol. The third kappa shape index (κ3) is 2.19. The van der Waals surface area contributed by atoms with Gasteiger partial charge < -0.3 is 0 Å². The van der Waals surface area contributed by atoms with Crippen LogP contribution in [0.5, 0.6) is 0 Å². The normalized spacial score (nSPS) is 17.0. The van der Waals surface area contributed by atoms with Gasteiger partial charge in [-0.05, 0) is 41.9 Å². The zero-order valence-corrected chi connectivity index (χ0v) is 13.2. The van der Waals surface area contributed by atoms with Crippen LogP contribution in [0.15, 0.2) is 41.1 Å². The van der Waals surface area contributed by atoms with E-state index in [2.05, 4.69) is 21.0 Å². The lowest BCUT2D eigenvalue weighted by molar-refractivity contribution is 0.0551. The van der Waals surface area contributed by atoms with E-state index in [9.17, 15) is 9.59 Å². The lowest BCUT2D eigenvalue weighted by Gasteiger charge is -2.28. The molecule has 0 bridgehead atoms. The maximum absolute atomic E-state index is 12.5. The molecule has 0 spiro atoms. The summed E-state index contributed by atoms with van der Waals surface area (Å²) in [4.78, 5) is 26.2. The van der Waals surface area contributed by atoms with E-state index >= 15 is 0 Å². The van der Waals surface area contributed by atoms with Crippen LogP contribution in [0, 0.1) is 0 Å². The quantitative estimate of drug-likeness (QED) is 0.802. The molecular formula is C15H14BrN3O2. The van der Waals surface area contributed by atoms with E-state index in [4.69, 9.17) is 0 Å². The van der Waals surface area contributed by atoms with E-state index in [1.807, 2.05) is 20.0 Å². The van der Waals surface area contributed by atoms with Gasteiger partial charge in [-0.25, -0.2) is 0 Å². The molecule has 6 heteroatoms. The van der Waals surface area contributed by atoms with Crippen LogP contribution in [-0.4, -0.2) is 32.5 Å². The fourth-order valence-corrected chi connectivity index (χ4v) is 2.85. The number of aromatic nitrogens is 2. The molecule has 5 nitrogen and oxygen atoms in total. The minimum Gasteiger partial charge on any atom is -0.269 e. The molecule has 0 radical (unpaired) electrons. The molecule has 1 aromatic carbocycles. The van der Waals surface area contributed by atoms with Crippen molar-refractivity contribution in [2.75, 3.05) is 0 Å². The summed E-state index contributed by atoms with van der Waals surface area (Å²) in [5.74, 6) is -0.470. The maximum Gasteiger partial charge on any atom is 0.261 e. The predicted molar refractivity (Wildman–Crippen MR) is 81.0 cm³/mol. The molecular weight excluding hydrogens is 334 g/mol. The Balaban J connectivity index is 1.91. The molecule has 2 aromatic rings. The monoisotopic (exact) mass is 347 g/mol. The number of carbonyl (C=O) groups excluding carboxylic acids is 2. The van der Waals surface area contributed by atoms with Gasteiger partial charge in [0.1, 0.15) is 0 Å². The third-order valence-corrected chi connectivity index (χ3v) is 4.33. The van der Waals surface area contributed by atoms with E-state index < -0.39 is 0 Å². The second kappa shape index (κ2) is 5.11. The van der Waals surface area contributed by atoms with Gasteiger partial charge in [-0.1, -0.05) is 12.1 Å². The molecule has 0 fully saturated rings. The lowest BCUT2D eigenvalue weighted by atomic mass is 10.1. The van der Waals surface area contributed by atoms with Gasteiger partial charge in [0.15, 0.2) is 0 Å². The summed E-state index contributed by atoms with van der Waals surface area (Å²) in [5, 5.41) is 4.23. The number of carbonyl (C=O) groups is 2. The molecule has 3 rings (SSSR count). The van der Waals surface area contributed by atoms with Gasteiger partial charge in [-0.3, -0.25) is 19.2 Å². The summed E-state index contributed by atoms with van der Waals surface area (Å²) >= 11 is 3.35. The SMILES string of the molecule is C[C@@H]([C@H](C)n1cc(Br)cn1)N1C(=O)c2ccccc2C1=O. The highest BCUT2D eigenvalue weighted by Gasteiger charge is 2.40. The molecule has 0 aliphatic carbocycles. The molecule has 2 atom stereocenters. The Morgan fingerprint density at radius 2 is 1.62 bits per heavy atom. The van der Waals surface area contributed by atoms with Crippen molar-refractivity contribution in [1.29, 1.82) is 0 Å². The first-order chi connectivity index (χ1) is 10.0. The van der Waals surface area contributed by atoms with Crippen LogP contribution < -0.4 is 0 Å². The van der Waals surface area contributed by atoms with Crippen molar-refractivity contribution in [3.8, 4) is 0 Å². The molecule has 2 amide bonds. The van der Waals surface area contributed by atoms with Crippen molar-refractivity contribution < 1.29 is 9.59 Å². The largest absolute Gasteiger partial charge is 0.269 e. The molecule has 1 aliphatic rings. The van der Waals surface area contributed by atoms with Gasteiger partial charge in [0.05, 0.1) is 33.9 Å². The van der Waals surface area contributed by atoms with Crippen LogP contribution in [0.25, 0.3) is 0 Å². The fraction of sp³-hybridized carbons (Fsp3) is 0.267. The second-order valence-corrected chi connectivity index (χ2v) is 6.06. The molecule has 1 aromatic heterocycles. The van der Waals surface area contributed by atoms with Crippen molar-refractivity contribution in [3.63, 3.8) is 0 Å². The number of halogens is 1. The standard InChI is InChI=1S/C15H14BrN3O2/c1-9(18-8-11(16)7-17-18)10(2)19-14(20)12-5-3-4-6-13(12)15(19)21/h3-10H,1-2H3/t9-,10-/m0/s1. The number of imide groups is 1. The highest BCUT2D eigenvalue weighted by atomic mass is 79.9. The molecule has 0 saturated carbocycles. The predicted octanol–water partition coefficient (Wildman–Crippen LogP) is 2.89. The Labute approximate surface area is 130 Å². The molecule has 21 heavy (non-hydrogen) atoms. The number of benzene rings is 1. The number of amides is 2. The van der Waals surface area contributed by atoms with E-state index in [-0.39, 0.29) is 23.9 Å². The smallest absolute Gasteiger partial charge is 0.261 e. The second-order valence-electron chi connectivity index (χ2n) is 5.15. The van der Waals surface area contributed by atoms with Crippen molar-refractivity contribution in [3.05, 3.63) is 52.3 Å². The van der Waals surface area contributed by atoms with E-state index in [1.54, 1.807) is 35.1 Å². The van der Waals surface area contributed by atoms with Crippen LogP contribution >= 0.6 is 15.9 Å². The molecule has 0 N–H and O–H groups in total. The number of fused-ring (bicyclic) bond motifs is 1. The Bertz CT molecular complexity index is 690. The minimum atomic E-state index is -0.288. The zero-order valence-electron chi connectivity index (χ0n) is 11.7. The van der Waals surface area contributed by atoms with Gasteiger partial charge >= 0.3 is 0 Å². The number of rotatable bonds is 3.